The first-order valence-electron chi connectivity index (χ1n) is 6.54. The minimum atomic E-state index is -0.104. The van der Waals surface area contributed by atoms with Crippen LogP contribution in [0.1, 0.15) is 54.4 Å². The van der Waals surface area contributed by atoms with E-state index in [1.165, 1.54) is 0 Å². The third-order valence-electron chi connectivity index (χ3n) is 2.87. The van der Waals surface area contributed by atoms with Gasteiger partial charge in [-0.15, -0.1) is 0 Å². The molecule has 0 spiro atoms. The topological polar surface area (TPSA) is 75.4 Å². The number of hydrogen-bond acceptors (Lipinski definition) is 4. The summed E-state index contributed by atoms with van der Waals surface area (Å²) in [6.07, 6.45) is 4.47. The predicted molar refractivity (Wildman–Crippen MR) is 68.5 cm³/mol. The first-order valence-corrected chi connectivity index (χ1v) is 6.54. The average Bonchev–Trinajstić information content (AvgIpc) is 2.74. The van der Waals surface area contributed by atoms with Gasteiger partial charge >= 0.3 is 0 Å². The first-order chi connectivity index (χ1) is 8.70. The van der Waals surface area contributed by atoms with Gasteiger partial charge in [-0.3, -0.25) is 4.79 Å². The van der Waals surface area contributed by atoms with Crippen LogP contribution >= 0.6 is 0 Å². The maximum Gasteiger partial charge on any atom is 0.256 e. The van der Waals surface area contributed by atoms with Crippen LogP contribution in [0, 0.1) is 6.92 Å². The number of unbranched alkanes of at least 4 members (excludes halogenated alkanes) is 3. The van der Waals surface area contributed by atoms with Crippen molar-refractivity contribution in [2.45, 2.75) is 46.0 Å². The summed E-state index contributed by atoms with van der Waals surface area (Å²) >= 11 is 0. The van der Waals surface area contributed by atoms with Gasteiger partial charge in [-0.25, -0.2) is 0 Å². The molecule has 1 amide bonds. The Labute approximate surface area is 108 Å². The molecule has 102 valence electrons. The lowest BCUT2D eigenvalue weighted by molar-refractivity contribution is 0.0950. The van der Waals surface area contributed by atoms with Gasteiger partial charge in [0.1, 0.15) is 11.3 Å². The van der Waals surface area contributed by atoms with Gasteiger partial charge in [0.15, 0.2) is 0 Å². The zero-order valence-corrected chi connectivity index (χ0v) is 11.2. The van der Waals surface area contributed by atoms with Crippen LogP contribution in [0.25, 0.3) is 0 Å². The van der Waals surface area contributed by atoms with E-state index in [1.54, 1.807) is 6.92 Å². The summed E-state index contributed by atoms with van der Waals surface area (Å²) in [7, 11) is 0. The Balaban J connectivity index is 2.34. The van der Waals surface area contributed by atoms with Crippen molar-refractivity contribution in [2.24, 2.45) is 0 Å². The van der Waals surface area contributed by atoms with Crippen LogP contribution in [0.5, 0.6) is 0 Å². The van der Waals surface area contributed by atoms with Gasteiger partial charge in [0.05, 0.1) is 5.69 Å². The Kier molecular flexibility index (Phi) is 6.43. The molecule has 0 saturated carbocycles. The number of hydrogen-bond donors (Lipinski definition) is 2. The first kappa shape index (κ1) is 14.7. The molecule has 0 bridgehead atoms. The Morgan fingerprint density at radius 2 is 2.06 bits per heavy atom. The third kappa shape index (κ3) is 4.14. The van der Waals surface area contributed by atoms with Gasteiger partial charge in [0.2, 0.25) is 0 Å². The van der Waals surface area contributed by atoms with Crippen molar-refractivity contribution in [1.29, 1.82) is 0 Å². The van der Waals surface area contributed by atoms with Crippen LogP contribution in [0.2, 0.25) is 0 Å². The minimum absolute atomic E-state index is 0.104. The van der Waals surface area contributed by atoms with Crippen molar-refractivity contribution in [3.05, 3.63) is 17.0 Å². The molecule has 1 heterocycles. The molecule has 5 nitrogen and oxygen atoms in total. The average molecular weight is 254 g/mol. The molecule has 5 heteroatoms. The van der Waals surface area contributed by atoms with Gasteiger partial charge in [-0.1, -0.05) is 24.9 Å². The zero-order valence-electron chi connectivity index (χ0n) is 11.2. The molecule has 0 aliphatic rings. The van der Waals surface area contributed by atoms with Crippen molar-refractivity contribution < 1.29 is 14.4 Å². The lowest BCUT2D eigenvalue weighted by Gasteiger charge is -2.04. The molecule has 0 unspecified atom stereocenters. The van der Waals surface area contributed by atoms with Gasteiger partial charge in [0.25, 0.3) is 5.91 Å². The lowest BCUT2D eigenvalue weighted by atomic mass is 10.1. The fourth-order valence-corrected chi connectivity index (χ4v) is 1.83. The van der Waals surface area contributed by atoms with Crippen molar-refractivity contribution >= 4 is 5.91 Å². The summed E-state index contributed by atoms with van der Waals surface area (Å²) in [6.45, 7) is 4.59. The van der Waals surface area contributed by atoms with Gasteiger partial charge in [0, 0.05) is 13.2 Å². The summed E-state index contributed by atoms with van der Waals surface area (Å²) in [6, 6.07) is 0. The number of carbonyl (C=O) groups excluding carboxylic acids is 1. The molecule has 1 aromatic rings. The van der Waals surface area contributed by atoms with Crippen LogP contribution in [-0.4, -0.2) is 29.3 Å². The number of aromatic nitrogens is 1. The van der Waals surface area contributed by atoms with Crippen molar-refractivity contribution in [1.82, 2.24) is 10.5 Å². The molecule has 18 heavy (non-hydrogen) atoms. The van der Waals surface area contributed by atoms with Crippen LogP contribution in [0.15, 0.2) is 4.52 Å². The standard InChI is InChI=1S/C13H22N2O3/c1-3-11-12(10(2)18-15-11)13(17)14-8-6-4-5-7-9-16/h16H,3-9H2,1-2H3,(H,14,17). The quantitative estimate of drug-likeness (QED) is 0.694. The third-order valence-corrected chi connectivity index (χ3v) is 2.87. The van der Waals surface area contributed by atoms with E-state index in [2.05, 4.69) is 10.5 Å². The van der Waals surface area contributed by atoms with E-state index in [-0.39, 0.29) is 12.5 Å². The number of nitrogens with zero attached hydrogens (tertiary/aromatic N) is 1. The fourth-order valence-electron chi connectivity index (χ4n) is 1.83. The maximum absolute atomic E-state index is 11.9. The highest BCUT2D eigenvalue weighted by Gasteiger charge is 2.18. The number of rotatable bonds is 8. The van der Waals surface area contributed by atoms with Crippen molar-refractivity contribution in [3.63, 3.8) is 0 Å². The summed E-state index contributed by atoms with van der Waals surface area (Å²) in [5.74, 6) is 0.470. The highest BCUT2D eigenvalue weighted by molar-refractivity contribution is 5.96. The number of amides is 1. The van der Waals surface area contributed by atoms with Crippen molar-refractivity contribution in [3.8, 4) is 0 Å². The molecule has 0 aliphatic heterocycles. The predicted octanol–water partition coefficient (Wildman–Crippen LogP) is 1.83. The van der Waals surface area contributed by atoms with E-state index in [1.807, 2.05) is 6.92 Å². The second-order valence-electron chi connectivity index (χ2n) is 4.31. The maximum atomic E-state index is 11.9. The molecule has 0 radical (unpaired) electrons. The molecule has 0 atom stereocenters. The molecular weight excluding hydrogens is 232 g/mol. The van der Waals surface area contributed by atoms with Gasteiger partial charge < -0.3 is 14.9 Å². The molecule has 1 aromatic heterocycles. The Hall–Kier alpha value is -1.36. The van der Waals surface area contributed by atoms with Crippen molar-refractivity contribution in [2.75, 3.05) is 13.2 Å². The Bertz CT molecular complexity index is 374. The molecule has 0 fully saturated rings. The minimum Gasteiger partial charge on any atom is -0.396 e. The highest BCUT2D eigenvalue weighted by atomic mass is 16.5. The van der Waals surface area contributed by atoms with Crippen LogP contribution in [0.4, 0.5) is 0 Å². The molecular formula is C13H22N2O3. The van der Waals surface area contributed by atoms with Crippen LogP contribution < -0.4 is 5.32 Å². The van der Waals surface area contributed by atoms with E-state index < -0.39 is 0 Å². The molecule has 2 N–H and O–H groups in total. The highest BCUT2D eigenvalue weighted by Crippen LogP contribution is 2.13. The monoisotopic (exact) mass is 254 g/mol. The Morgan fingerprint density at radius 3 is 2.72 bits per heavy atom. The SMILES string of the molecule is CCc1noc(C)c1C(=O)NCCCCCCO. The van der Waals surface area contributed by atoms with E-state index in [0.717, 1.165) is 25.7 Å². The molecule has 1 rings (SSSR count). The molecule has 0 saturated heterocycles. The second kappa shape index (κ2) is 7.87. The number of aliphatic hydroxyl groups excluding tert-OH is 1. The summed E-state index contributed by atoms with van der Waals surface area (Å²) < 4.78 is 5.03. The molecule has 0 aliphatic carbocycles. The normalized spacial score (nSPS) is 10.6. The Morgan fingerprint density at radius 1 is 1.33 bits per heavy atom. The van der Waals surface area contributed by atoms with E-state index in [0.29, 0.717) is 30.0 Å². The largest absolute Gasteiger partial charge is 0.396 e. The molecule has 0 aromatic carbocycles. The smallest absolute Gasteiger partial charge is 0.256 e. The summed E-state index contributed by atoms with van der Waals surface area (Å²) in [5, 5.41) is 15.4. The summed E-state index contributed by atoms with van der Waals surface area (Å²) in [4.78, 5) is 11.9. The second-order valence-corrected chi connectivity index (χ2v) is 4.31. The number of carbonyl (C=O) groups is 1. The van der Waals surface area contributed by atoms with Gasteiger partial charge in [-0.2, -0.15) is 0 Å². The number of nitrogens with one attached hydrogen (secondary N) is 1. The summed E-state index contributed by atoms with van der Waals surface area (Å²) in [5.41, 5.74) is 1.29. The zero-order chi connectivity index (χ0) is 13.4. The van der Waals surface area contributed by atoms with Crippen LogP contribution in [0.3, 0.4) is 0 Å². The number of aliphatic hydroxyl groups is 1. The van der Waals surface area contributed by atoms with Gasteiger partial charge in [-0.05, 0) is 26.2 Å². The van der Waals surface area contributed by atoms with E-state index in [4.69, 9.17) is 9.63 Å². The lowest BCUT2D eigenvalue weighted by Crippen LogP contribution is -2.25. The van der Waals surface area contributed by atoms with E-state index in [9.17, 15) is 4.79 Å². The fraction of sp³-hybridized carbons (Fsp3) is 0.692. The van der Waals surface area contributed by atoms with Crippen LogP contribution in [-0.2, 0) is 6.42 Å². The van der Waals surface area contributed by atoms with E-state index >= 15 is 0 Å². The number of aryl methyl sites for hydroxylation is 2.